The van der Waals surface area contributed by atoms with Gasteiger partial charge in [-0.2, -0.15) is 0 Å². The minimum absolute atomic E-state index is 0.150. The topological polar surface area (TPSA) is 12.0 Å². The van der Waals surface area contributed by atoms with Crippen molar-refractivity contribution in [2.45, 2.75) is 26.4 Å². The molecule has 1 nitrogen and oxygen atoms in total. The zero-order valence-corrected chi connectivity index (χ0v) is 13.5. The van der Waals surface area contributed by atoms with Gasteiger partial charge in [-0.15, -0.1) is 0 Å². The predicted octanol–water partition coefficient (Wildman–Crippen LogP) is 5.62. The van der Waals surface area contributed by atoms with Gasteiger partial charge >= 0.3 is 0 Å². The van der Waals surface area contributed by atoms with Gasteiger partial charge in [-0.1, -0.05) is 55.2 Å². The van der Waals surface area contributed by atoms with Gasteiger partial charge in [-0.3, -0.25) is 0 Å². The fourth-order valence-electron chi connectivity index (χ4n) is 2.29. The summed E-state index contributed by atoms with van der Waals surface area (Å²) in [6.07, 6.45) is 0. The highest BCUT2D eigenvalue weighted by Crippen LogP contribution is 2.24. The van der Waals surface area contributed by atoms with Gasteiger partial charge in [0, 0.05) is 17.6 Å². The van der Waals surface area contributed by atoms with E-state index in [9.17, 15) is 4.39 Å². The maximum absolute atomic E-state index is 13.5. The molecule has 0 fully saturated rings. The zero-order valence-electron chi connectivity index (χ0n) is 12.0. The van der Waals surface area contributed by atoms with E-state index >= 15 is 0 Å². The van der Waals surface area contributed by atoms with Crippen LogP contribution in [0.3, 0.4) is 0 Å². The third-order valence-corrected chi connectivity index (χ3v) is 3.96. The zero-order chi connectivity index (χ0) is 15.4. The molecule has 0 radical (unpaired) electrons. The SMILES string of the molecule is CC(C)C(NCc1ccc(Cl)c(F)c1)c1ccc(Cl)cc1. The summed E-state index contributed by atoms with van der Waals surface area (Å²) >= 11 is 11.6. The second kappa shape index (κ2) is 7.26. The lowest BCUT2D eigenvalue weighted by Crippen LogP contribution is -2.25. The molecule has 0 saturated heterocycles. The van der Waals surface area contributed by atoms with Gasteiger partial charge in [0.25, 0.3) is 0 Å². The van der Waals surface area contributed by atoms with Crippen LogP contribution in [0.25, 0.3) is 0 Å². The minimum Gasteiger partial charge on any atom is -0.306 e. The number of hydrogen-bond donors (Lipinski definition) is 1. The van der Waals surface area contributed by atoms with Crippen LogP contribution < -0.4 is 5.32 Å². The number of hydrogen-bond acceptors (Lipinski definition) is 1. The third-order valence-electron chi connectivity index (χ3n) is 3.41. The highest BCUT2D eigenvalue weighted by atomic mass is 35.5. The van der Waals surface area contributed by atoms with Gasteiger partial charge in [0.05, 0.1) is 5.02 Å². The molecule has 0 spiro atoms. The summed E-state index contributed by atoms with van der Waals surface area (Å²) < 4.78 is 13.5. The maximum atomic E-state index is 13.5. The van der Waals surface area contributed by atoms with Crippen molar-refractivity contribution in [3.63, 3.8) is 0 Å². The average Bonchev–Trinajstić information content (AvgIpc) is 2.44. The summed E-state index contributed by atoms with van der Waals surface area (Å²) in [6, 6.07) is 12.9. The number of nitrogens with one attached hydrogen (secondary N) is 1. The maximum Gasteiger partial charge on any atom is 0.142 e. The van der Waals surface area contributed by atoms with Crippen LogP contribution in [0.4, 0.5) is 4.39 Å². The fourth-order valence-corrected chi connectivity index (χ4v) is 2.53. The summed E-state index contributed by atoms with van der Waals surface area (Å²) in [5.41, 5.74) is 2.04. The quantitative estimate of drug-likeness (QED) is 0.752. The van der Waals surface area contributed by atoms with Gasteiger partial charge in [0.15, 0.2) is 0 Å². The summed E-state index contributed by atoms with van der Waals surface area (Å²) in [5, 5.41) is 4.34. The van der Waals surface area contributed by atoms with Crippen molar-refractivity contribution in [2.24, 2.45) is 5.92 Å². The molecule has 0 aliphatic heterocycles. The molecule has 2 aromatic rings. The highest BCUT2D eigenvalue weighted by Gasteiger charge is 2.15. The molecule has 0 saturated carbocycles. The normalized spacial score (nSPS) is 12.7. The molecule has 0 heterocycles. The van der Waals surface area contributed by atoms with E-state index in [-0.39, 0.29) is 16.9 Å². The van der Waals surface area contributed by atoms with Crippen molar-refractivity contribution in [3.8, 4) is 0 Å². The van der Waals surface area contributed by atoms with Gasteiger partial charge in [-0.05, 0) is 41.3 Å². The molecule has 0 amide bonds. The predicted molar refractivity (Wildman–Crippen MR) is 87.3 cm³/mol. The molecule has 0 aliphatic carbocycles. The van der Waals surface area contributed by atoms with Crippen LogP contribution in [0.15, 0.2) is 42.5 Å². The Morgan fingerprint density at radius 2 is 1.71 bits per heavy atom. The van der Waals surface area contributed by atoms with Crippen LogP contribution in [0.1, 0.15) is 31.0 Å². The smallest absolute Gasteiger partial charge is 0.142 e. The van der Waals surface area contributed by atoms with Crippen LogP contribution in [0, 0.1) is 11.7 Å². The lowest BCUT2D eigenvalue weighted by Gasteiger charge is -2.23. The molecule has 0 bridgehead atoms. The van der Waals surface area contributed by atoms with Crippen LogP contribution in [0.5, 0.6) is 0 Å². The van der Waals surface area contributed by atoms with Crippen molar-refractivity contribution in [2.75, 3.05) is 0 Å². The molecule has 1 unspecified atom stereocenters. The molecule has 112 valence electrons. The Labute approximate surface area is 135 Å². The van der Waals surface area contributed by atoms with Gasteiger partial charge < -0.3 is 5.32 Å². The molecular formula is C17H18Cl2FN. The minimum atomic E-state index is -0.386. The second-order valence-electron chi connectivity index (χ2n) is 5.40. The Bertz CT molecular complexity index is 596. The molecule has 21 heavy (non-hydrogen) atoms. The monoisotopic (exact) mass is 325 g/mol. The van der Waals surface area contributed by atoms with E-state index in [0.29, 0.717) is 12.5 Å². The summed E-state index contributed by atoms with van der Waals surface area (Å²) in [6.45, 7) is 4.88. The average molecular weight is 326 g/mol. The van der Waals surface area contributed by atoms with E-state index in [0.717, 1.165) is 10.6 Å². The standard InChI is InChI=1S/C17H18Cl2FN/c1-11(2)17(13-4-6-14(18)7-5-13)21-10-12-3-8-15(19)16(20)9-12/h3-9,11,17,21H,10H2,1-2H3. The first kappa shape index (κ1) is 16.3. The molecule has 2 aromatic carbocycles. The van der Waals surface area contributed by atoms with Gasteiger partial charge in [0.1, 0.15) is 5.82 Å². The fraction of sp³-hybridized carbons (Fsp3) is 0.294. The summed E-state index contributed by atoms with van der Waals surface area (Å²) in [5.74, 6) is 0.0203. The van der Waals surface area contributed by atoms with Crippen molar-refractivity contribution in [1.82, 2.24) is 5.32 Å². The first-order valence-corrected chi connectivity index (χ1v) is 7.65. The largest absolute Gasteiger partial charge is 0.306 e. The molecule has 1 atom stereocenters. The molecular weight excluding hydrogens is 308 g/mol. The number of rotatable bonds is 5. The lowest BCUT2D eigenvalue weighted by atomic mass is 9.96. The van der Waals surface area contributed by atoms with Gasteiger partial charge in [-0.25, -0.2) is 4.39 Å². The first-order valence-electron chi connectivity index (χ1n) is 6.90. The van der Waals surface area contributed by atoms with E-state index in [4.69, 9.17) is 23.2 Å². The van der Waals surface area contributed by atoms with Crippen LogP contribution >= 0.6 is 23.2 Å². The van der Waals surface area contributed by atoms with Crippen LogP contribution in [-0.2, 0) is 6.54 Å². The van der Waals surface area contributed by atoms with E-state index < -0.39 is 0 Å². The van der Waals surface area contributed by atoms with Crippen LogP contribution in [-0.4, -0.2) is 0 Å². The van der Waals surface area contributed by atoms with Crippen LogP contribution in [0.2, 0.25) is 10.0 Å². The van der Waals surface area contributed by atoms with Crippen molar-refractivity contribution in [1.29, 1.82) is 0 Å². The molecule has 0 aliphatic rings. The Balaban J connectivity index is 2.09. The first-order chi connectivity index (χ1) is 9.97. The summed E-state index contributed by atoms with van der Waals surface area (Å²) in [4.78, 5) is 0. The van der Waals surface area contributed by atoms with Crippen molar-refractivity contribution >= 4 is 23.2 Å². The van der Waals surface area contributed by atoms with Crippen molar-refractivity contribution < 1.29 is 4.39 Å². The Hall–Kier alpha value is -1.09. The Kier molecular flexibility index (Phi) is 5.63. The lowest BCUT2D eigenvalue weighted by molar-refractivity contribution is 0.410. The number of halogens is 3. The van der Waals surface area contributed by atoms with E-state index in [1.165, 1.54) is 11.6 Å². The number of benzene rings is 2. The van der Waals surface area contributed by atoms with E-state index in [1.807, 2.05) is 30.3 Å². The molecule has 0 aromatic heterocycles. The Morgan fingerprint density at radius 3 is 2.29 bits per heavy atom. The molecule has 2 rings (SSSR count). The summed E-state index contributed by atoms with van der Waals surface area (Å²) in [7, 11) is 0. The Morgan fingerprint density at radius 1 is 1.05 bits per heavy atom. The molecule has 4 heteroatoms. The molecule has 1 N–H and O–H groups in total. The van der Waals surface area contributed by atoms with E-state index in [1.54, 1.807) is 6.07 Å². The third kappa shape index (κ3) is 4.44. The highest BCUT2D eigenvalue weighted by molar-refractivity contribution is 6.30. The van der Waals surface area contributed by atoms with Gasteiger partial charge in [0.2, 0.25) is 0 Å². The van der Waals surface area contributed by atoms with Crippen molar-refractivity contribution in [3.05, 3.63) is 69.5 Å². The second-order valence-corrected chi connectivity index (χ2v) is 6.25. The van der Waals surface area contributed by atoms with E-state index in [2.05, 4.69) is 19.2 Å².